The highest BCUT2D eigenvalue weighted by Gasteiger charge is 2.23. The molecule has 1 fully saturated rings. The van der Waals surface area contributed by atoms with Gasteiger partial charge in [-0.25, -0.2) is 0 Å². The third-order valence-electron chi connectivity index (χ3n) is 5.46. The summed E-state index contributed by atoms with van der Waals surface area (Å²) in [6.07, 6.45) is 2.66. The van der Waals surface area contributed by atoms with Crippen LogP contribution in [0.15, 0.2) is 18.2 Å². The van der Waals surface area contributed by atoms with Crippen LogP contribution in [0.5, 0.6) is 11.5 Å². The summed E-state index contributed by atoms with van der Waals surface area (Å²) in [5.41, 5.74) is 0.614. The van der Waals surface area contributed by atoms with Crippen LogP contribution < -0.4 is 9.47 Å². The molecule has 0 unspecified atom stereocenters. The Morgan fingerprint density at radius 1 is 0.903 bits per heavy atom. The zero-order chi connectivity index (χ0) is 22.6. The lowest BCUT2D eigenvalue weighted by Gasteiger charge is -2.25. The molecule has 1 saturated heterocycles. The number of amides is 2. The third-order valence-corrected chi connectivity index (χ3v) is 5.46. The van der Waals surface area contributed by atoms with Gasteiger partial charge in [0.2, 0.25) is 5.91 Å². The van der Waals surface area contributed by atoms with E-state index in [0.717, 1.165) is 38.9 Å². The number of hydrogen-bond donors (Lipinski definition) is 0. The summed E-state index contributed by atoms with van der Waals surface area (Å²) >= 11 is 0. The van der Waals surface area contributed by atoms with E-state index in [9.17, 15) is 9.59 Å². The SMILES string of the molecule is CCCOc1ccc(C(=O)N2CCCN(CC(=O)N(CC)CC)CC2)cc1OCCC. The van der Waals surface area contributed by atoms with Gasteiger partial charge < -0.3 is 19.3 Å². The van der Waals surface area contributed by atoms with Gasteiger partial charge in [0.15, 0.2) is 11.5 Å². The van der Waals surface area contributed by atoms with Crippen molar-refractivity contribution in [3.05, 3.63) is 23.8 Å². The smallest absolute Gasteiger partial charge is 0.254 e. The van der Waals surface area contributed by atoms with Crippen molar-refractivity contribution in [1.29, 1.82) is 0 Å². The summed E-state index contributed by atoms with van der Waals surface area (Å²) in [6, 6.07) is 5.45. The van der Waals surface area contributed by atoms with E-state index in [1.54, 1.807) is 6.07 Å². The van der Waals surface area contributed by atoms with Crippen LogP contribution in [0.3, 0.4) is 0 Å². The van der Waals surface area contributed by atoms with Crippen LogP contribution in [0.25, 0.3) is 0 Å². The third kappa shape index (κ3) is 7.42. The Kier molecular flexibility index (Phi) is 10.6. The standard InChI is InChI=1S/C24H39N3O4/c1-5-16-30-21-11-10-20(18-22(21)31-17-6-2)24(29)27-13-9-12-25(14-15-27)19-23(28)26(7-3)8-4/h10-11,18H,5-9,12-17,19H2,1-4H3. The Balaban J connectivity index is 2.03. The summed E-state index contributed by atoms with van der Waals surface area (Å²) in [7, 11) is 0. The van der Waals surface area contributed by atoms with Gasteiger partial charge >= 0.3 is 0 Å². The number of hydrogen-bond acceptors (Lipinski definition) is 5. The maximum Gasteiger partial charge on any atom is 0.254 e. The zero-order valence-corrected chi connectivity index (χ0v) is 19.7. The molecule has 0 N–H and O–H groups in total. The topological polar surface area (TPSA) is 62.3 Å². The van der Waals surface area contributed by atoms with Crippen LogP contribution in [-0.2, 0) is 4.79 Å². The second-order valence-electron chi connectivity index (χ2n) is 7.85. The number of likely N-dealkylation sites (N-methyl/N-ethyl adjacent to an activating group) is 1. The molecule has 0 saturated carbocycles. The molecular formula is C24H39N3O4. The molecule has 0 aliphatic carbocycles. The van der Waals surface area contributed by atoms with E-state index in [2.05, 4.69) is 18.7 Å². The molecule has 0 atom stereocenters. The molecule has 7 heteroatoms. The second-order valence-corrected chi connectivity index (χ2v) is 7.85. The van der Waals surface area contributed by atoms with Gasteiger partial charge in [-0.3, -0.25) is 14.5 Å². The normalized spacial score (nSPS) is 14.8. The Labute approximate surface area is 187 Å². The fourth-order valence-corrected chi connectivity index (χ4v) is 3.68. The molecule has 1 aromatic rings. The maximum absolute atomic E-state index is 13.2. The van der Waals surface area contributed by atoms with Crippen LogP contribution >= 0.6 is 0 Å². The molecular weight excluding hydrogens is 394 g/mol. The first-order valence-electron chi connectivity index (χ1n) is 11.7. The summed E-state index contributed by atoms with van der Waals surface area (Å²) in [4.78, 5) is 31.5. The fraction of sp³-hybridized carbons (Fsp3) is 0.667. The number of rotatable bonds is 11. The molecule has 0 radical (unpaired) electrons. The number of carbonyl (C=O) groups is 2. The van der Waals surface area contributed by atoms with Crippen molar-refractivity contribution in [3.63, 3.8) is 0 Å². The first-order chi connectivity index (χ1) is 15.0. The van der Waals surface area contributed by atoms with Gasteiger partial charge in [-0.15, -0.1) is 0 Å². The van der Waals surface area contributed by atoms with Crippen molar-refractivity contribution in [2.45, 2.75) is 47.0 Å². The van der Waals surface area contributed by atoms with E-state index >= 15 is 0 Å². The van der Waals surface area contributed by atoms with Crippen LogP contribution in [0.4, 0.5) is 0 Å². The first kappa shape index (κ1) is 25.0. The molecule has 1 aliphatic heterocycles. The summed E-state index contributed by atoms with van der Waals surface area (Å²) in [6.45, 7) is 14.0. The molecule has 1 aliphatic rings. The number of carbonyl (C=O) groups excluding carboxylic acids is 2. The van der Waals surface area contributed by atoms with E-state index in [1.165, 1.54) is 0 Å². The molecule has 7 nitrogen and oxygen atoms in total. The predicted molar refractivity (Wildman–Crippen MR) is 123 cm³/mol. The quantitative estimate of drug-likeness (QED) is 0.536. The highest BCUT2D eigenvalue weighted by Crippen LogP contribution is 2.29. The van der Waals surface area contributed by atoms with Crippen molar-refractivity contribution in [2.24, 2.45) is 0 Å². The highest BCUT2D eigenvalue weighted by molar-refractivity contribution is 5.95. The summed E-state index contributed by atoms with van der Waals surface area (Å²) in [5.74, 6) is 1.47. The van der Waals surface area contributed by atoms with E-state index in [-0.39, 0.29) is 11.8 Å². The van der Waals surface area contributed by atoms with E-state index in [4.69, 9.17) is 9.47 Å². The molecule has 174 valence electrons. The largest absolute Gasteiger partial charge is 0.490 e. The van der Waals surface area contributed by atoms with Gasteiger partial charge in [0.05, 0.1) is 19.8 Å². The second kappa shape index (κ2) is 13.2. The molecule has 1 heterocycles. The minimum atomic E-state index is 0.000287. The Morgan fingerprint density at radius 3 is 2.23 bits per heavy atom. The van der Waals surface area contributed by atoms with Gasteiger partial charge in [0.1, 0.15) is 0 Å². The average Bonchev–Trinajstić information content (AvgIpc) is 3.02. The van der Waals surface area contributed by atoms with E-state index in [0.29, 0.717) is 56.5 Å². The molecule has 2 rings (SSSR count). The van der Waals surface area contributed by atoms with Crippen LogP contribution in [-0.4, -0.2) is 85.5 Å². The minimum absolute atomic E-state index is 0.000287. The lowest BCUT2D eigenvalue weighted by Crippen LogP contribution is -2.42. The van der Waals surface area contributed by atoms with Crippen LogP contribution in [0.1, 0.15) is 57.3 Å². The monoisotopic (exact) mass is 433 g/mol. The number of benzene rings is 1. The Morgan fingerprint density at radius 2 is 1.58 bits per heavy atom. The Bertz CT molecular complexity index is 706. The minimum Gasteiger partial charge on any atom is -0.490 e. The summed E-state index contributed by atoms with van der Waals surface area (Å²) in [5, 5.41) is 0. The lowest BCUT2D eigenvalue weighted by molar-refractivity contribution is -0.132. The van der Waals surface area contributed by atoms with Gasteiger partial charge in [0, 0.05) is 44.8 Å². The average molecular weight is 434 g/mol. The van der Waals surface area contributed by atoms with Crippen molar-refractivity contribution in [1.82, 2.24) is 14.7 Å². The zero-order valence-electron chi connectivity index (χ0n) is 19.7. The predicted octanol–water partition coefficient (Wildman–Crippen LogP) is 3.28. The molecule has 31 heavy (non-hydrogen) atoms. The van der Waals surface area contributed by atoms with Crippen LogP contribution in [0.2, 0.25) is 0 Å². The van der Waals surface area contributed by atoms with Gasteiger partial charge in [-0.05, 0) is 51.3 Å². The molecule has 2 amide bonds. The van der Waals surface area contributed by atoms with Crippen LogP contribution in [0, 0.1) is 0 Å². The van der Waals surface area contributed by atoms with Gasteiger partial charge in [-0.2, -0.15) is 0 Å². The Hall–Kier alpha value is -2.28. The highest BCUT2D eigenvalue weighted by atomic mass is 16.5. The number of ether oxygens (including phenoxy) is 2. The van der Waals surface area contributed by atoms with E-state index in [1.807, 2.05) is 35.8 Å². The van der Waals surface area contributed by atoms with E-state index < -0.39 is 0 Å². The van der Waals surface area contributed by atoms with Crippen molar-refractivity contribution < 1.29 is 19.1 Å². The molecule has 0 bridgehead atoms. The molecule has 0 spiro atoms. The summed E-state index contributed by atoms with van der Waals surface area (Å²) < 4.78 is 11.6. The first-order valence-corrected chi connectivity index (χ1v) is 11.7. The van der Waals surface area contributed by atoms with Crippen molar-refractivity contribution in [2.75, 3.05) is 59.0 Å². The maximum atomic E-state index is 13.2. The van der Waals surface area contributed by atoms with Gasteiger partial charge in [-0.1, -0.05) is 13.8 Å². The number of nitrogens with zero attached hydrogens (tertiary/aromatic N) is 3. The lowest BCUT2D eigenvalue weighted by atomic mass is 10.1. The molecule has 1 aromatic carbocycles. The van der Waals surface area contributed by atoms with Crippen molar-refractivity contribution >= 4 is 11.8 Å². The van der Waals surface area contributed by atoms with Gasteiger partial charge in [0.25, 0.3) is 5.91 Å². The van der Waals surface area contributed by atoms with Crippen molar-refractivity contribution in [3.8, 4) is 11.5 Å². The fourth-order valence-electron chi connectivity index (χ4n) is 3.68. The molecule has 0 aromatic heterocycles.